The Hall–Kier alpha value is -0.130. The first-order valence-corrected chi connectivity index (χ1v) is 6.32. The van der Waals surface area contributed by atoms with E-state index < -0.39 is 10.2 Å². The number of hydrogen-bond donors (Lipinski definition) is 1. The molecule has 2 aliphatic rings. The smallest absolute Gasteiger partial charge is 0.202 e. The molecule has 0 amide bonds. The summed E-state index contributed by atoms with van der Waals surface area (Å²) in [5.74, 6) is 0. The second-order valence-electron chi connectivity index (χ2n) is 3.90. The van der Waals surface area contributed by atoms with Crippen LogP contribution in [0.25, 0.3) is 0 Å². The lowest BCUT2D eigenvalue weighted by atomic mass is 9.70. The number of nitrogens with one attached hydrogen (secondary N) is 1. The van der Waals surface area contributed by atoms with Gasteiger partial charge in [-0.15, -0.1) is 0 Å². The van der Waals surface area contributed by atoms with Crippen molar-refractivity contribution in [1.29, 1.82) is 0 Å². The maximum atomic E-state index is 11.6. The molecule has 2 fully saturated rings. The normalized spacial score (nSPS) is 26.8. The van der Waals surface area contributed by atoms with Gasteiger partial charge < -0.3 is 0 Å². The third-order valence-corrected chi connectivity index (χ3v) is 5.01. The Morgan fingerprint density at radius 2 is 2.08 bits per heavy atom. The Morgan fingerprint density at radius 1 is 1.38 bits per heavy atom. The van der Waals surface area contributed by atoms with Crippen LogP contribution in [0.3, 0.4) is 0 Å². The van der Waals surface area contributed by atoms with E-state index in [9.17, 15) is 8.42 Å². The van der Waals surface area contributed by atoms with Gasteiger partial charge in [-0.05, 0) is 25.7 Å². The maximum absolute atomic E-state index is 11.6. The number of nitrogens with zero attached hydrogens (tertiary/aromatic N) is 1. The highest BCUT2D eigenvalue weighted by atomic mass is 32.2. The van der Waals surface area contributed by atoms with Gasteiger partial charge in [0.25, 0.3) is 10.2 Å². The van der Waals surface area contributed by atoms with E-state index in [-0.39, 0.29) is 5.54 Å². The van der Waals surface area contributed by atoms with Crippen LogP contribution in [-0.4, -0.2) is 31.4 Å². The molecule has 4 nitrogen and oxygen atoms in total. The Kier molecular flexibility index (Phi) is 2.13. The zero-order chi connectivity index (χ0) is 9.53. The van der Waals surface area contributed by atoms with E-state index >= 15 is 0 Å². The molecule has 5 heteroatoms. The first kappa shape index (κ1) is 9.43. The van der Waals surface area contributed by atoms with Gasteiger partial charge in [0.15, 0.2) is 0 Å². The van der Waals surface area contributed by atoms with Crippen LogP contribution in [-0.2, 0) is 10.2 Å². The zero-order valence-electron chi connectivity index (χ0n) is 7.91. The van der Waals surface area contributed by atoms with E-state index in [0.717, 1.165) is 19.3 Å². The summed E-state index contributed by atoms with van der Waals surface area (Å²) in [5, 5.41) is 0. The van der Waals surface area contributed by atoms with Crippen LogP contribution in [0.1, 0.15) is 32.6 Å². The van der Waals surface area contributed by atoms with Gasteiger partial charge in [0, 0.05) is 18.6 Å². The van der Waals surface area contributed by atoms with E-state index in [2.05, 4.69) is 4.72 Å². The lowest BCUT2D eigenvalue weighted by molar-refractivity contribution is -0.00394. The Morgan fingerprint density at radius 3 is 2.38 bits per heavy atom. The third-order valence-electron chi connectivity index (χ3n) is 3.21. The Bertz CT molecular complexity index is 290. The summed E-state index contributed by atoms with van der Waals surface area (Å²) in [4.78, 5) is 0. The van der Waals surface area contributed by atoms with Crippen molar-refractivity contribution in [2.45, 2.75) is 38.1 Å². The van der Waals surface area contributed by atoms with Crippen molar-refractivity contribution in [2.24, 2.45) is 0 Å². The predicted octanol–water partition coefficient (Wildman–Crippen LogP) is 0.469. The minimum absolute atomic E-state index is 0.0288. The monoisotopic (exact) mass is 204 g/mol. The van der Waals surface area contributed by atoms with Crippen LogP contribution >= 0.6 is 0 Å². The van der Waals surface area contributed by atoms with E-state index in [1.54, 1.807) is 4.31 Å². The summed E-state index contributed by atoms with van der Waals surface area (Å²) in [6.07, 6.45) is 4.34. The molecule has 2 rings (SSSR count). The molecule has 0 aromatic rings. The zero-order valence-corrected chi connectivity index (χ0v) is 8.73. The summed E-state index contributed by atoms with van der Waals surface area (Å²) >= 11 is 0. The summed E-state index contributed by atoms with van der Waals surface area (Å²) in [6, 6.07) is 0. The average molecular weight is 204 g/mol. The van der Waals surface area contributed by atoms with Crippen LogP contribution in [0.5, 0.6) is 0 Å². The average Bonchev–Trinajstić information content (AvgIpc) is 1.78. The number of hydrogen-bond acceptors (Lipinski definition) is 2. The van der Waals surface area contributed by atoms with E-state index in [1.165, 1.54) is 6.42 Å². The molecule has 0 radical (unpaired) electrons. The molecule has 1 N–H and O–H groups in total. The first-order valence-electron chi connectivity index (χ1n) is 4.88. The molecule has 1 saturated heterocycles. The fraction of sp³-hybridized carbons (Fsp3) is 1.00. The quantitative estimate of drug-likeness (QED) is 0.726. The second kappa shape index (κ2) is 2.93. The summed E-state index contributed by atoms with van der Waals surface area (Å²) in [7, 11) is -3.16. The largest absolute Gasteiger partial charge is 0.279 e. The van der Waals surface area contributed by atoms with Crippen molar-refractivity contribution in [1.82, 2.24) is 9.03 Å². The van der Waals surface area contributed by atoms with E-state index in [1.807, 2.05) is 6.92 Å². The third kappa shape index (κ3) is 1.30. The SMILES string of the molecule is CCNS(=O)(=O)N1CCC12CCC2. The maximum Gasteiger partial charge on any atom is 0.279 e. The van der Waals surface area contributed by atoms with Crippen molar-refractivity contribution in [3.05, 3.63) is 0 Å². The molecular weight excluding hydrogens is 188 g/mol. The molecule has 76 valence electrons. The summed E-state index contributed by atoms with van der Waals surface area (Å²) < 4.78 is 27.5. The van der Waals surface area contributed by atoms with Crippen molar-refractivity contribution in [3.63, 3.8) is 0 Å². The van der Waals surface area contributed by atoms with Gasteiger partial charge in [-0.1, -0.05) is 6.92 Å². The molecule has 0 atom stereocenters. The van der Waals surface area contributed by atoms with Crippen molar-refractivity contribution < 1.29 is 8.42 Å². The Labute approximate surface area is 79.5 Å². The van der Waals surface area contributed by atoms with Crippen LogP contribution < -0.4 is 4.72 Å². The molecule has 1 heterocycles. The topological polar surface area (TPSA) is 49.4 Å². The second-order valence-corrected chi connectivity index (χ2v) is 5.58. The minimum atomic E-state index is -3.16. The van der Waals surface area contributed by atoms with Gasteiger partial charge in [-0.3, -0.25) is 0 Å². The standard InChI is InChI=1S/C8H16N2O2S/c1-2-9-13(11,12)10-7-6-8(10)4-3-5-8/h9H,2-7H2,1H3. The molecule has 1 aliphatic heterocycles. The van der Waals surface area contributed by atoms with Crippen molar-refractivity contribution in [3.8, 4) is 0 Å². The summed E-state index contributed by atoms with van der Waals surface area (Å²) in [6.45, 7) is 3.00. The fourth-order valence-corrected chi connectivity index (χ4v) is 3.88. The first-order chi connectivity index (χ1) is 6.11. The van der Waals surface area contributed by atoms with Crippen LogP contribution in [0.2, 0.25) is 0 Å². The van der Waals surface area contributed by atoms with Crippen molar-refractivity contribution >= 4 is 10.2 Å². The lowest BCUT2D eigenvalue weighted by Gasteiger charge is -2.57. The molecule has 0 aromatic carbocycles. The fourth-order valence-electron chi connectivity index (χ4n) is 2.24. The molecule has 1 saturated carbocycles. The van der Waals surface area contributed by atoms with Gasteiger partial charge in [0.2, 0.25) is 0 Å². The molecule has 0 bridgehead atoms. The van der Waals surface area contributed by atoms with Crippen molar-refractivity contribution in [2.75, 3.05) is 13.1 Å². The highest BCUT2D eigenvalue weighted by Crippen LogP contribution is 2.48. The minimum Gasteiger partial charge on any atom is -0.202 e. The van der Waals surface area contributed by atoms with Crippen LogP contribution in [0, 0.1) is 0 Å². The number of rotatable bonds is 3. The van der Waals surface area contributed by atoms with Gasteiger partial charge in [0.1, 0.15) is 0 Å². The Balaban J connectivity index is 2.09. The lowest BCUT2D eigenvalue weighted by Crippen LogP contribution is -2.67. The predicted molar refractivity (Wildman–Crippen MR) is 50.5 cm³/mol. The van der Waals surface area contributed by atoms with Gasteiger partial charge in [-0.25, -0.2) is 4.72 Å². The van der Waals surface area contributed by atoms with Crippen LogP contribution in [0.4, 0.5) is 0 Å². The van der Waals surface area contributed by atoms with E-state index in [0.29, 0.717) is 13.1 Å². The molecule has 0 aromatic heterocycles. The highest BCUT2D eigenvalue weighted by molar-refractivity contribution is 7.87. The van der Waals surface area contributed by atoms with Gasteiger partial charge in [-0.2, -0.15) is 12.7 Å². The molecule has 13 heavy (non-hydrogen) atoms. The molecule has 0 unspecified atom stereocenters. The molecule has 1 spiro atoms. The van der Waals surface area contributed by atoms with Gasteiger partial charge >= 0.3 is 0 Å². The summed E-state index contributed by atoms with van der Waals surface area (Å²) in [5.41, 5.74) is 0.0288. The highest BCUT2D eigenvalue weighted by Gasteiger charge is 2.54. The molecule has 1 aliphatic carbocycles. The molecular formula is C8H16N2O2S. The van der Waals surface area contributed by atoms with E-state index in [4.69, 9.17) is 0 Å². The van der Waals surface area contributed by atoms with Gasteiger partial charge in [0.05, 0.1) is 0 Å². The van der Waals surface area contributed by atoms with Crippen LogP contribution in [0.15, 0.2) is 0 Å².